The quantitative estimate of drug-likeness (QED) is 0.814. The molecule has 0 aliphatic heterocycles. The number of rotatable bonds is 6. The second kappa shape index (κ2) is 6.81. The Morgan fingerprint density at radius 2 is 2.00 bits per heavy atom. The third kappa shape index (κ3) is 4.64. The molecular weight excluding hydrogens is 262 g/mol. The maximum atomic E-state index is 5.95. The first kappa shape index (κ1) is 15.6. The molecule has 0 amide bonds. The molecule has 0 saturated carbocycles. The molecule has 2 rings (SSSR count). The Hall–Kier alpha value is -1.74. The largest absolute Gasteiger partial charge is 0.492 e. The predicted molar refractivity (Wildman–Crippen MR) is 85.8 cm³/mol. The summed E-state index contributed by atoms with van der Waals surface area (Å²) in [5.41, 5.74) is 3.77. The molecule has 2 aromatic rings. The van der Waals surface area contributed by atoms with Crippen LogP contribution in [0.3, 0.4) is 0 Å². The van der Waals surface area contributed by atoms with Crippen molar-refractivity contribution < 1.29 is 9.15 Å². The van der Waals surface area contributed by atoms with Crippen LogP contribution in [0.5, 0.6) is 5.75 Å². The second-order valence-electron chi connectivity index (χ2n) is 6.41. The van der Waals surface area contributed by atoms with Gasteiger partial charge in [-0.1, -0.05) is 38.5 Å². The van der Waals surface area contributed by atoms with Gasteiger partial charge in [-0.15, -0.1) is 0 Å². The van der Waals surface area contributed by atoms with Gasteiger partial charge < -0.3 is 14.5 Å². The number of aryl methyl sites for hydroxylation is 1. The summed E-state index contributed by atoms with van der Waals surface area (Å²) in [5, 5.41) is 3.34. The highest BCUT2D eigenvalue weighted by molar-refractivity contribution is 5.41. The highest BCUT2D eigenvalue weighted by Gasteiger charge is 2.18. The lowest BCUT2D eigenvalue weighted by Crippen LogP contribution is -2.21. The number of ether oxygens (including phenoxy) is 1. The zero-order valence-electron chi connectivity index (χ0n) is 13.4. The van der Waals surface area contributed by atoms with Gasteiger partial charge in [0, 0.05) is 18.7 Å². The number of nitrogens with one attached hydrogen (secondary N) is 1. The molecule has 1 aromatic carbocycles. The zero-order valence-corrected chi connectivity index (χ0v) is 13.4. The van der Waals surface area contributed by atoms with Gasteiger partial charge in [0.1, 0.15) is 12.4 Å². The third-order valence-corrected chi connectivity index (χ3v) is 3.39. The van der Waals surface area contributed by atoms with E-state index >= 15 is 0 Å². The van der Waals surface area contributed by atoms with Crippen LogP contribution >= 0.6 is 0 Å². The monoisotopic (exact) mass is 287 g/mol. The minimum atomic E-state index is 0.0889. The molecule has 21 heavy (non-hydrogen) atoms. The molecule has 0 spiro atoms. The first-order valence-electron chi connectivity index (χ1n) is 7.42. The SMILES string of the molecule is Cc1ccc(OCCNCc2ccoc2)c(C(C)(C)C)c1. The van der Waals surface area contributed by atoms with Crippen molar-refractivity contribution in [2.45, 2.75) is 39.7 Å². The lowest BCUT2D eigenvalue weighted by atomic mass is 9.85. The molecule has 1 N–H and O–H groups in total. The summed E-state index contributed by atoms with van der Waals surface area (Å²) in [6.45, 7) is 11.0. The highest BCUT2D eigenvalue weighted by Crippen LogP contribution is 2.32. The van der Waals surface area contributed by atoms with E-state index in [2.05, 4.69) is 51.2 Å². The topological polar surface area (TPSA) is 34.4 Å². The molecule has 0 aliphatic carbocycles. The van der Waals surface area contributed by atoms with Crippen molar-refractivity contribution in [1.82, 2.24) is 5.32 Å². The maximum Gasteiger partial charge on any atom is 0.123 e. The van der Waals surface area contributed by atoms with Crippen molar-refractivity contribution in [3.05, 3.63) is 53.5 Å². The minimum absolute atomic E-state index is 0.0889. The molecule has 0 fully saturated rings. The van der Waals surface area contributed by atoms with Crippen LogP contribution in [-0.2, 0) is 12.0 Å². The summed E-state index contributed by atoms with van der Waals surface area (Å²) in [4.78, 5) is 0. The van der Waals surface area contributed by atoms with Gasteiger partial charge in [-0.3, -0.25) is 0 Å². The Balaban J connectivity index is 1.85. The van der Waals surface area contributed by atoms with Gasteiger partial charge in [-0.05, 0) is 30.0 Å². The molecule has 114 valence electrons. The molecule has 0 unspecified atom stereocenters. The van der Waals surface area contributed by atoms with Crippen molar-refractivity contribution in [1.29, 1.82) is 0 Å². The summed E-state index contributed by atoms with van der Waals surface area (Å²) in [7, 11) is 0. The van der Waals surface area contributed by atoms with Gasteiger partial charge in [0.25, 0.3) is 0 Å². The molecule has 3 heteroatoms. The van der Waals surface area contributed by atoms with E-state index in [0.717, 1.165) is 24.4 Å². The summed E-state index contributed by atoms with van der Waals surface area (Å²) < 4.78 is 11.0. The lowest BCUT2D eigenvalue weighted by Gasteiger charge is -2.23. The van der Waals surface area contributed by atoms with E-state index in [4.69, 9.17) is 9.15 Å². The average molecular weight is 287 g/mol. The summed E-state index contributed by atoms with van der Waals surface area (Å²) in [6.07, 6.45) is 3.45. The molecule has 0 bridgehead atoms. The van der Waals surface area contributed by atoms with E-state index in [1.807, 2.05) is 6.07 Å². The van der Waals surface area contributed by atoms with Crippen LogP contribution in [0.25, 0.3) is 0 Å². The first-order valence-corrected chi connectivity index (χ1v) is 7.42. The van der Waals surface area contributed by atoms with Gasteiger partial charge in [0.15, 0.2) is 0 Å². The van der Waals surface area contributed by atoms with Crippen LogP contribution in [-0.4, -0.2) is 13.2 Å². The van der Waals surface area contributed by atoms with Crippen LogP contribution in [0.4, 0.5) is 0 Å². The summed E-state index contributed by atoms with van der Waals surface area (Å²) in [5.74, 6) is 0.984. The van der Waals surface area contributed by atoms with E-state index in [-0.39, 0.29) is 5.41 Å². The average Bonchev–Trinajstić information content (AvgIpc) is 2.92. The van der Waals surface area contributed by atoms with Crippen molar-refractivity contribution >= 4 is 0 Å². The first-order chi connectivity index (χ1) is 9.97. The van der Waals surface area contributed by atoms with E-state index in [1.54, 1.807) is 12.5 Å². The fourth-order valence-corrected chi connectivity index (χ4v) is 2.21. The molecule has 0 atom stereocenters. The van der Waals surface area contributed by atoms with Gasteiger partial charge in [0.2, 0.25) is 0 Å². The van der Waals surface area contributed by atoms with Crippen LogP contribution in [0.1, 0.15) is 37.5 Å². The van der Waals surface area contributed by atoms with E-state index in [1.165, 1.54) is 11.1 Å². The molecule has 0 saturated heterocycles. The van der Waals surface area contributed by atoms with Gasteiger partial charge in [0.05, 0.1) is 12.5 Å². The maximum absolute atomic E-state index is 5.95. The molecule has 3 nitrogen and oxygen atoms in total. The highest BCUT2D eigenvalue weighted by atomic mass is 16.5. The van der Waals surface area contributed by atoms with Gasteiger partial charge in [-0.25, -0.2) is 0 Å². The number of benzene rings is 1. The fourth-order valence-electron chi connectivity index (χ4n) is 2.21. The van der Waals surface area contributed by atoms with Crippen molar-refractivity contribution in [2.75, 3.05) is 13.2 Å². The second-order valence-corrected chi connectivity index (χ2v) is 6.41. The lowest BCUT2D eigenvalue weighted by molar-refractivity contribution is 0.305. The third-order valence-electron chi connectivity index (χ3n) is 3.39. The van der Waals surface area contributed by atoms with E-state index < -0.39 is 0 Å². The van der Waals surface area contributed by atoms with Crippen LogP contribution in [0.15, 0.2) is 41.2 Å². The fraction of sp³-hybridized carbons (Fsp3) is 0.444. The smallest absolute Gasteiger partial charge is 0.123 e. The summed E-state index contributed by atoms with van der Waals surface area (Å²) in [6, 6.07) is 8.36. The molecule has 0 aliphatic rings. The number of furan rings is 1. The Labute approximate surface area is 127 Å². The predicted octanol–water partition coefficient (Wildman–Crippen LogP) is 4.05. The Bertz CT molecular complexity index is 553. The van der Waals surface area contributed by atoms with Crippen molar-refractivity contribution in [3.8, 4) is 5.75 Å². The molecular formula is C18H25NO2. The normalized spacial score (nSPS) is 11.6. The molecule has 0 radical (unpaired) electrons. The van der Waals surface area contributed by atoms with Gasteiger partial charge >= 0.3 is 0 Å². The van der Waals surface area contributed by atoms with Crippen LogP contribution in [0.2, 0.25) is 0 Å². The van der Waals surface area contributed by atoms with Crippen molar-refractivity contribution in [3.63, 3.8) is 0 Å². The van der Waals surface area contributed by atoms with E-state index in [9.17, 15) is 0 Å². The minimum Gasteiger partial charge on any atom is -0.492 e. The Morgan fingerprint density at radius 1 is 1.19 bits per heavy atom. The zero-order chi connectivity index (χ0) is 15.3. The van der Waals surface area contributed by atoms with Crippen molar-refractivity contribution in [2.24, 2.45) is 0 Å². The Kier molecular flexibility index (Phi) is 5.07. The van der Waals surface area contributed by atoms with Crippen LogP contribution < -0.4 is 10.1 Å². The van der Waals surface area contributed by atoms with E-state index in [0.29, 0.717) is 6.61 Å². The van der Waals surface area contributed by atoms with Gasteiger partial charge in [-0.2, -0.15) is 0 Å². The number of hydrogen-bond acceptors (Lipinski definition) is 3. The number of hydrogen-bond donors (Lipinski definition) is 1. The Morgan fingerprint density at radius 3 is 2.67 bits per heavy atom. The molecule has 1 heterocycles. The standard InChI is InChI=1S/C18H25NO2/c1-14-5-6-17(16(11-14)18(2,3)4)21-10-8-19-12-15-7-9-20-13-15/h5-7,9,11,13,19H,8,10,12H2,1-4H3. The summed E-state index contributed by atoms with van der Waals surface area (Å²) >= 11 is 0. The van der Waals surface area contributed by atoms with Crippen LogP contribution in [0, 0.1) is 6.92 Å². The molecule has 1 aromatic heterocycles.